The van der Waals surface area contributed by atoms with Crippen LogP contribution in [0.1, 0.15) is 105 Å². The first-order valence-electron chi connectivity index (χ1n) is 21.3. The molecule has 0 saturated heterocycles. The smallest absolute Gasteiger partial charge is 0.508 e. The lowest BCUT2D eigenvalue weighted by molar-refractivity contribution is -0.0661. The lowest BCUT2D eigenvalue weighted by atomic mass is 9.47. The van der Waals surface area contributed by atoms with E-state index in [0.717, 1.165) is 36.5 Å². The molecule has 0 spiro atoms. The molecule has 3 saturated carbocycles. The minimum atomic E-state index is -5.92. The predicted octanol–water partition coefficient (Wildman–Crippen LogP) is 12.5. The number of carbonyl (C=O) groups is 1. The molecule has 0 amide bonds. The molecule has 3 fully saturated rings. The number of rotatable bonds is 12. The van der Waals surface area contributed by atoms with E-state index in [0.29, 0.717) is 30.1 Å². The van der Waals surface area contributed by atoms with Gasteiger partial charge in [0.25, 0.3) is 0 Å². The van der Waals surface area contributed by atoms with Gasteiger partial charge in [0.1, 0.15) is 6.10 Å². The van der Waals surface area contributed by atoms with Gasteiger partial charge in [-0.1, -0.05) is 120 Å². The number of allylic oxidation sites excluding steroid dienone is 1. The first-order chi connectivity index (χ1) is 27.5. The Labute approximate surface area is 348 Å². The van der Waals surface area contributed by atoms with Gasteiger partial charge in [0.15, 0.2) is 31.4 Å². The Hall–Kier alpha value is -3.21. The summed E-state index contributed by atoms with van der Waals surface area (Å²) in [6, 6.07) is 32.2. The molecule has 316 valence electrons. The highest BCUT2D eigenvalue weighted by Gasteiger charge is 2.59. The van der Waals surface area contributed by atoms with E-state index in [-0.39, 0.29) is 16.3 Å². The van der Waals surface area contributed by atoms with Crippen LogP contribution in [0.3, 0.4) is 0 Å². The highest BCUT2D eigenvalue weighted by Crippen LogP contribution is 2.67. The van der Waals surface area contributed by atoms with Crippen LogP contribution in [0.4, 0.5) is 13.6 Å². The fourth-order valence-corrected chi connectivity index (χ4v) is 13.5. The SMILES string of the molecule is CC(C)CCC[C@@H](C)[C@H]1CCC2C3CC=C4CC(OC(=O)OCC(F)(F)S(=O)(=O)[O-])CC[C@]4(C)C3CC[C@@]21C.c1ccc([S+](c2ccccc2)c2ccccc2)cc1. The van der Waals surface area contributed by atoms with Crippen molar-refractivity contribution in [3.8, 4) is 0 Å². The summed E-state index contributed by atoms with van der Waals surface area (Å²) in [5.74, 6) is 4.34. The van der Waals surface area contributed by atoms with Crippen LogP contribution in [0, 0.1) is 46.3 Å². The van der Waals surface area contributed by atoms with Crippen molar-refractivity contribution in [1.29, 1.82) is 0 Å². The van der Waals surface area contributed by atoms with E-state index in [1.165, 1.54) is 65.2 Å². The van der Waals surface area contributed by atoms with Crippen LogP contribution < -0.4 is 0 Å². The topological polar surface area (TPSA) is 92.7 Å². The van der Waals surface area contributed by atoms with Gasteiger partial charge in [-0.25, -0.2) is 13.2 Å². The Morgan fingerprint density at radius 3 is 1.93 bits per heavy atom. The number of fused-ring (bicyclic) bond motifs is 5. The Kier molecular flexibility index (Phi) is 14.2. The van der Waals surface area contributed by atoms with Gasteiger partial charge < -0.3 is 14.0 Å². The average molecular weight is 837 g/mol. The normalized spacial score (nSPS) is 28.6. The summed E-state index contributed by atoms with van der Waals surface area (Å²) in [7, 11) is -5.93. The first kappa shape index (κ1) is 44.3. The molecule has 4 aliphatic rings. The maximum Gasteiger partial charge on any atom is 0.508 e. The van der Waals surface area contributed by atoms with Gasteiger partial charge in [-0.3, -0.25) is 0 Å². The Balaban J connectivity index is 0.000000247. The van der Waals surface area contributed by atoms with Crippen LogP contribution in [0.25, 0.3) is 0 Å². The third kappa shape index (κ3) is 9.87. The van der Waals surface area contributed by atoms with Gasteiger partial charge >= 0.3 is 11.4 Å². The predicted molar refractivity (Wildman–Crippen MR) is 225 cm³/mol. The second-order valence-electron chi connectivity index (χ2n) is 18.1. The van der Waals surface area contributed by atoms with Crippen LogP contribution in [-0.4, -0.2) is 37.1 Å². The van der Waals surface area contributed by atoms with Crippen LogP contribution >= 0.6 is 0 Å². The number of benzene rings is 3. The van der Waals surface area contributed by atoms with Crippen LogP contribution in [0.15, 0.2) is 117 Å². The summed E-state index contributed by atoms with van der Waals surface area (Å²) in [6.45, 7) is 10.2. The zero-order chi connectivity index (χ0) is 41.7. The monoisotopic (exact) mass is 836 g/mol. The highest BCUT2D eigenvalue weighted by atomic mass is 32.2. The number of carbonyl (C=O) groups excluding carboxylic acids is 1. The lowest BCUT2D eigenvalue weighted by Crippen LogP contribution is -2.51. The number of ether oxygens (including phenoxy) is 2. The van der Waals surface area contributed by atoms with E-state index in [4.69, 9.17) is 4.74 Å². The zero-order valence-corrected chi connectivity index (χ0v) is 36.4. The molecule has 8 atom stereocenters. The van der Waals surface area contributed by atoms with E-state index < -0.39 is 34.2 Å². The standard InChI is InChI=1S/C30H48F2O6S.C18H15S/c1-19(2)7-6-8-20(3)24-11-12-25-23-10-9-21-17-22(38-27(33)37-18-30(31,32)39(34,35)36)13-15-28(21,4)26(23)14-16-29(24,25)5;1-4-10-16(11-5-1)19(17-12-6-2-7-13-17)18-14-8-3-9-15-18/h9,19-20,22-26H,6-8,10-18H2,1-5H3,(H,34,35,36);1-15H/q;+1/p-1/t20-,22?,23?,24-,25?,26?,28+,29-;/m1./s1. The number of alkyl halides is 2. The molecule has 0 radical (unpaired) electrons. The summed E-state index contributed by atoms with van der Waals surface area (Å²) < 4.78 is 68.1. The molecule has 6 nitrogen and oxygen atoms in total. The van der Waals surface area contributed by atoms with E-state index in [1.807, 2.05) is 0 Å². The molecular weight excluding hydrogens is 775 g/mol. The molecule has 0 N–H and O–H groups in total. The molecule has 4 unspecified atom stereocenters. The molecule has 10 heteroatoms. The number of hydrogen-bond donors (Lipinski definition) is 0. The van der Waals surface area contributed by atoms with Crippen molar-refractivity contribution in [3.05, 3.63) is 103 Å². The molecule has 0 aromatic heterocycles. The average Bonchev–Trinajstić information content (AvgIpc) is 3.56. The van der Waals surface area contributed by atoms with E-state index in [9.17, 15) is 26.5 Å². The fourth-order valence-electron chi connectivity index (χ4n) is 11.2. The van der Waals surface area contributed by atoms with Gasteiger partial charge in [-0.2, -0.15) is 8.78 Å². The summed E-state index contributed by atoms with van der Waals surface area (Å²) in [5.41, 5.74) is 1.73. The molecule has 3 aromatic carbocycles. The van der Waals surface area contributed by atoms with Crippen molar-refractivity contribution in [2.24, 2.45) is 46.3 Å². The molecule has 3 aromatic rings. The molecule has 0 bridgehead atoms. The molecule has 0 aliphatic heterocycles. The third-order valence-corrected chi connectivity index (χ3v) is 17.3. The summed E-state index contributed by atoms with van der Waals surface area (Å²) in [4.78, 5) is 16.1. The van der Waals surface area contributed by atoms with Gasteiger partial charge in [0, 0.05) is 6.42 Å². The molecule has 58 heavy (non-hydrogen) atoms. The highest BCUT2D eigenvalue weighted by molar-refractivity contribution is 7.97. The second-order valence-corrected chi connectivity index (χ2v) is 21.7. The van der Waals surface area contributed by atoms with Crippen molar-refractivity contribution in [3.63, 3.8) is 0 Å². The minimum absolute atomic E-state index is 0.0146. The maximum absolute atomic E-state index is 13.3. The molecular formula is C48H62F2O6S2. The molecule has 7 rings (SSSR count). The van der Waals surface area contributed by atoms with Crippen LogP contribution in [0.5, 0.6) is 0 Å². The summed E-state index contributed by atoms with van der Waals surface area (Å²) >= 11 is 0. The van der Waals surface area contributed by atoms with Crippen LogP contribution in [0.2, 0.25) is 0 Å². The van der Waals surface area contributed by atoms with Crippen molar-refractivity contribution in [2.75, 3.05) is 6.61 Å². The molecule has 4 aliphatic carbocycles. The Morgan fingerprint density at radius 2 is 1.40 bits per heavy atom. The zero-order valence-electron chi connectivity index (χ0n) is 34.8. The van der Waals surface area contributed by atoms with Gasteiger partial charge in [-0.05, 0) is 128 Å². The van der Waals surface area contributed by atoms with Gasteiger partial charge in [0.2, 0.25) is 0 Å². The minimum Gasteiger partial charge on any atom is -0.743 e. The van der Waals surface area contributed by atoms with Gasteiger partial charge in [-0.15, -0.1) is 0 Å². The van der Waals surface area contributed by atoms with E-state index in [1.54, 1.807) is 0 Å². The number of hydrogen-bond acceptors (Lipinski definition) is 6. The maximum atomic E-state index is 13.3. The van der Waals surface area contributed by atoms with E-state index in [2.05, 4.69) is 136 Å². The van der Waals surface area contributed by atoms with Crippen molar-refractivity contribution in [2.45, 2.75) is 131 Å². The number of halogens is 2. The van der Waals surface area contributed by atoms with Crippen molar-refractivity contribution < 1.29 is 36.0 Å². The van der Waals surface area contributed by atoms with Crippen LogP contribution in [-0.2, 0) is 30.5 Å². The first-order valence-corrected chi connectivity index (χ1v) is 23.9. The van der Waals surface area contributed by atoms with Crippen molar-refractivity contribution in [1.82, 2.24) is 0 Å². The summed E-state index contributed by atoms with van der Waals surface area (Å²) in [5, 5.41) is -4.68. The third-order valence-electron chi connectivity index (χ3n) is 14.2. The van der Waals surface area contributed by atoms with E-state index >= 15 is 0 Å². The largest absolute Gasteiger partial charge is 0.743 e. The second kappa shape index (κ2) is 18.6. The molecule has 0 heterocycles. The van der Waals surface area contributed by atoms with Crippen molar-refractivity contribution >= 4 is 27.2 Å². The lowest BCUT2D eigenvalue weighted by Gasteiger charge is -2.58. The quantitative estimate of drug-likeness (QED) is 0.0781. The Bertz CT molecular complexity index is 1850. The van der Waals surface area contributed by atoms with Gasteiger partial charge in [0.05, 0.1) is 10.9 Å². The summed E-state index contributed by atoms with van der Waals surface area (Å²) in [6.07, 6.45) is 12.6. The fraction of sp³-hybridized carbons (Fsp3) is 0.562. The Morgan fingerprint density at radius 1 is 0.828 bits per heavy atom.